The van der Waals surface area contributed by atoms with E-state index in [-0.39, 0.29) is 41.0 Å². The number of ether oxygens (including phenoxy) is 1. The summed E-state index contributed by atoms with van der Waals surface area (Å²) in [5.41, 5.74) is 3.09. The summed E-state index contributed by atoms with van der Waals surface area (Å²) in [5.74, 6) is 0.657. The van der Waals surface area contributed by atoms with Gasteiger partial charge in [0, 0.05) is 34.1 Å². The topological polar surface area (TPSA) is 125 Å². The molecule has 2 heterocycles. The zero-order valence-corrected chi connectivity index (χ0v) is 44.7. The van der Waals surface area contributed by atoms with Gasteiger partial charge in [0.15, 0.2) is 5.78 Å². The lowest BCUT2D eigenvalue weighted by Gasteiger charge is -2.48. The molecule has 2 saturated carbocycles. The molecular weight excluding hydrogens is 949 g/mol. The molecule has 0 spiro atoms. The minimum absolute atomic E-state index is 0.0568. The molecule has 4 unspecified atom stereocenters. The number of ketones is 1. The average Bonchev–Trinajstić information content (AvgIpc) is 3.73. The third kappa shape index (κ3) is 7.82. The Morgan fingerprint density at radius 2 is 1.19 bits per heavy atom. The van der Waals surface area contributed by atoms with E-state index in [2.05, 4.69) is 32.7 Å². The number of amides is 1. The molecule has 2 fully saturated rings. The minimum atomic E-state index is -4.60. The van der Waals surface area contributed by atoms with Crippen molar-refractivity contribution < 1.29 is 37.3 Å². The molecule has 2 bridgehead atoms. The summed E-state index contributed by atoms with van der Waals surface area (Å²) in [5, 5.41) is 3.91. The van der Waals surface area contributed by atoms with Crippen LogP contribution < -0.4 is 25.0 Å². The molecule has 0 saturated heterocycles. The second-order valence-electron chi connectivity index (χ2n) is 22.4. The van der Waals surface area contributed by atoms with E-state index in [0.29, 0.717) is 80.8 Å². The van der Waals surface area contributed by atoms with E-state index in [1.54, 1.807) is 72.8 Å². The summed E-state index contributed by atoms with van der Waals surface area (Å²) in [7, 11) is -9.20. The molecule has 6 aromatic rings. The summed E-state index contributed by atoms with van der Waals surface area (Å²) < 4.78 is 55.6. The summed E-state index contributed by atoms with van der Waals surface area (Å²) in [6.07, 6.45) is 5.75. The maximum atomic E-state index is 17.5. The number of carbonyl (C=O) groups is 3. The van der Waals surface area contributed by atoms with Crippen molar-refractivity contribution in [2.45, 2.75) is 104 Å². The van der Waals surface area contributed by atoms with E-state index in [9.17, 15) is 14.4 Å². The molecule has 6 atom stereocenters. The van der Waals surface area contributed by atoms with Gasteiger partial charge in [-0.05, 0) is 134 Å². The van der Waals surface area contributed by atoms with Crippen molar-refractivity contribution in [3.05, 3.63) is 175 Å². The quantitative estimate of drug-likeness (QED) is 0.0612. The Kier molecular flexibility index (Phi) is 12.6. The van der Waals surface area contributed by atoms with Crippen LogP contribution in [0.1, 0.15) is 104 Å². The second-order valence-corrected chi connectivity index (χ2v) is 27.6. The van der Waals surface area contributed by atoms with Crippen molar-refractivity contribution in [3.8, 4) is 33.8 Å². The van der Waals surface area contributed by atoms with Gasteiger partial charge in [0.05, 0.1) is 16.0 Å². The van der Waals surface area contributed by atoms with Crippen LogP contribution in [-0.4, -0.2) is 23.8 Å². The predicted molar refractivity (Wildman–Crippen MR) is 291 cm³/mol. The lowest BCUT2D eigenvalue weighted by molar-refractivity contribution is -0.168. The Balaban J connectivity index is 1.07. The van der Waals surface area contributed by atoms with E-state index in [0.717, 1.165) is 24.0 Å². The number of fused-ring (bicyclic) bond motifs is 8. The van der Waals surface area contributed by atoms with Gasteiger partial charge in [0.25, 0.3) is 0 Å². The first-order valence-electron chi connectivity index (χ1n) is 25.6. The fraction of sp³-hybridized carbons (Fsp3) is 0.339. The van der Waals surface area contributed by atoms with E-state index in [1.165, 1.54) is 12.5 Å². The third-order valence-electron chi connectivity index (χ3n) is 17.8. The lowest BCUT2D eigenvalue weighted by Crippen LogP contribution is -2.42. The van der Waals surface area contributed by atoms with Crippen molar-refractivity contribution in [2.75, 3.05) is 5.32 Å². The fourth-order valence-electron chi connectivity index (χ4n) is 12.3. The van der Waals surface area contributed by atoms with Gasteiger partial charge in [0.2, 0.25) is 10.8 Å². The number of rotatable bonds is 15. The van der Waals surface area contributed by atoms with Crippen molar-refractivity contribution in [2.24, 2.45) is 27.6 Å². The van der Waals surface area contributed by atoms with Gasteiger partial charge in [0.1, 0.15) is 17.6 Å². The first-order valence-corrected chi connectivity index (χ1v) is 28.9. The van der Waals surface area contributed by atoms with Crippen LogP contribution in [0.3, 0.4) is 0 Å². The number of benzene rings is 6. The Morgan fingerprint density at radius 3 is 1.67 bits per heavy atom. The molecule has 73 heavy (non-hydrogen) atoms. The molecule has 2 aliphatic carbocycles. The zero-order chi connectivity index (χ0) is 51.8. The molecule has 0 aromatic heterocycles. The Hall–Kier alpha value is -6.27. The van der Waals surface area contributed by atoms with Crippen LogP contribution in [0.15, 0.2) is 158 Å². The van der Waals surface area contributed by atoms with Crippen LogP contribution in [0.25, 0.3) is 22.3 Å². The predicted octanol–water partition coefficient (Wildman–Crippen LogP) is 14.4. The number of allylic oxidation sites excluding steroid dienone is 1. The summed E-state index contributed by atoms with van der Waals surface area (Å²) in [6.45, 7) is 18.3. The van der Waals surface area contributed by atoms with Gasteiger partial charge in [-0.3, -0.25) is 23.5 Å². The van der Waals surface area contributed by atoms with Crippen molar-refractivity contribution in [1.29, 1.82) is 0 Å². The molecule has 2 aliphatic heterocycles. The molecule has 1 N–H and O–H groups in total. The standard InChI is InChI=1S/C62H65NO8P2/c1-9-46(64)39-41-27-29-42(30-28-41)62(72(67)53-25-17-13-21-49(53)47-19-11-15-23-51(47)70-72,73(68)54-26-18-14-22-50(54)48-20-12-16-24-52(48)71-73)43-31-33-45(34-32-43)63-56(65)60(7,10-2)38-37-58(3,4)57(66)69-55-40-44-35-36-61(55,8)59(44,5)6/h9,11-34,44,55H,1,10,35-40H2,2-8H3,(H,63,65)/t44-,55-,60?,61?,62?,72?,73?/m0/s1. The molecule has 11 heteroatoms. The molecule has 6 aromatic carbocycles. The van der Waals surface area contributed by atoms with Gasteiger partial charge >= 0.3 is 20.7 Å². The minimum Gasteiger partial charge on any atom is -0.461 e. The number of hydrogen-bond donors (Lipinski definition) is 1. The maximum Gasteiger partial charge on any atom is 0.311 e. The Bertz CT molecular complexity index is 3170. The van der Waals surface area contributed by atoms with Crippen LogP contribution in [0, 0.1) is 27.6 Å². The van der Waals surface area contributed by atoms with Crippen molar-refractivity contribution >= 4 is 48.7 Å². The van der Waals surface area contributed by atoms with Crippen LogP contribution in [0.5, 0.6) is 11.5 Å². The second kappa shape index (κ2) is 18.3. The zero-order valence-electron chi connectivity index (χ0n) is 42.9. The molecular formula is C62H65NO8P2. The van der Waals surface area contributed by atoms with Crippen molar-refractivity contribution in [1.82, 2.24) is 0 Å². The summed E-state index contributed by atoms with van der Waals surface area (Å²) in [6, 6.07) is 43.8. The third-order valence-corrected chi connectivity index (χ3v) is 25.0. The highest BCUT2D eigenvalue weighted by molar-refractivity contribution is 7.86. The Labute approximate surface area is 430 Å². The van der Waals surface area contributed by atoms with E-state index < -0.39 is 30.5 Å². The first-order chi connectivity index (χ1) is 34.8. The number of anilines is 1. The number of nitrogens with one attached hydrogen (secondary N) is 1. The van der Waals surface area contributed by atoms with Gasteiger partial charge in [-0.1, -0.05) is 150 Å². The van der Waals surface area contributed by atoms with Crippen LogP contribution in [0.4, 0.5) is 5.69 Å². The first kappa shape index (κ1) is 50.3. The van der Waals surface area contributed by atoms with Crippen LogP contribution in [0.2, 0.25) is 0 Å². The summed E-state index contributed by atoms with van der Waals surface area (Å²) in [4.78, 5) is 39.1. The smallest absolute Gasteiger partial charge is 0.311 e. The van der Waals surface area contributed by atoms with Crippen LogP contribution >= 0.6 is 14.7 Å². The van der Waals surface area contributed by atoms with E-state index in [1.807, 2.05) is 100 Å². The maximum absolute atomic E-state index is 17.5. The average molecular weight is 1010 g/mol. The summed E-state index contributed by atoms with van der Waals surface area (Å²) >= 11 is 0. The lowest BCUT2D eigenvalue weighted by atomic mass is 9.70. The van der Waals surface area contributed by atoms with Gasteiger partial charge in [-0.2, -0.15) is 0 Å². The SMILES string of the molecule is C=CC(=O)Cc1ccc(C(c2ccc(NC(=O)C(C)(CC)CCC(C)(C)C(=O)O[C@H]3C[C@@H]4CCC3(C)C4(C)C)cc2)(P2(=O)Oc3ccccc3-c3ccccc32)P2(=O)Oc3ccccc3-c3ccccc32)cc1. The normalized spacial score (nSPS) is 24.6. The fourth-order valence-corrected chi connectivity index (χ4v) is 20.1. The highest BCUT2D eigenvalue weighted by Crippen LogP contribution is 2.84. The monoisotopic (exact) mass is 1010 g/mol. The molecule has 376 valence electrons. The highest BCUT2D eigenvalue weighted by Gasteiger charge is 2.70. The number of para-hydroxylation sites is 2. The van der Waals surface area contributed by atoms with Gasteiger partial charge in [-0.25, -0.2) is 0 Å². The Morgan fingerprint density at radius 1 is 0.699 bits per heavy atom. The molecule has 9 nitrogen and oxygen atoms in total. The number of esters is 1. The molecule has 1 amide bonds. The van der Waals surface area contributed by atoms with Crippen LogP contribution in [-0.2, 0) is 39.6 Å². The molecule has 10 rings (SSSR count). The van der Waals surface area contributed by atoms with E-state index in [4.69, 9.17) is 13.8 Å². The number of carbonyl (C=O) groups excluding carboxylic acids is 3. The van der Waals surface area contributed by atoms with Gasteiger partial charge < -0.3 is 19.1 Å². The molecule has 4 aliphatic rings. The highest BCUT2D eigenvalue weighted by atomic mass is 31.2. The molecule has 0 radical (unpaired) electrons. The number of hydrogen-bond acceptors (Lipinski definition) is 8. The van der Waals surface area contributed by atoms with E-state index >= 15 is 9.13 Å². The van der Waals surface area contributed by atoms with Crippen molar-refractivity contribution in [3.63, 3.8) is 0 Å². The van der Waals surface area contributed by atoms with Gasteiger partial charge in [-0.15, -0.1) is 0 Å². The largest absolute Gasteiger partial charge is 0.461 e.